The van der Waals surface area contributed by atoms with Gasteiger partial charge in [-0.2, -0.15) is 4.98 Å². The molecule has 0 amide bonds. The number of aliphatic carboxylic acids is 1. The van der Waals surface area contributed by atoms with Crippen LogP contribution in [0.15, 0.2) is 47.6 Å². The summed E-state index contributed by atoms with van der Waals surface area (Å²) in [7, 11) is 0. The number of fused-ring (bicyclic) bond motifs is 3. The van der Waals surface area contributed by atoms with Gasteiger partial charge in [0.05, 0.1) is 6.61 Å². The molecule has 2 heterocycles. The van der Waals surface area contributed by atoms with Crippen LogP contribution in [0, 0.1) is 0 Å². The van der Waals surface area contributed by atoms with Gasteiger partial charge in [-0.25, -0.2) is 4.79 Å². The van der Waals surface area contributed by atoms with Gasteiger partial charge in [0.2, 0.25) is 11.0 Å². The first-order valence-corrected chi connectivity index (χ1v) is 12.6. The van der Waals surface area contributed by atoms with Crippen LogP contribution in [0.1, 0.15) is 44.9 Å². The van der Waals surface area contributed by atoms with Gasteiger partial charge in [0, 0.05) is 22.6 Å². The molecule has 3 aromatic rings. The lowest BCUT2D eigenvalue weighted by molar-refractivity contribution is -0.139. The molecule has 2 aromatic carbocycles. The highest BCUT2D eigenvalue weighted by molar-refractivity contribution is 7.99. The van der Waals surface area contributed by atoms with Gasteiger partial charge in [-0.1, -0.05) is 49.7 Å². The minimum absolute atomic E-state index is 0.349. The molecule has 0 radical (unpaired) electrons. The van der Waals surface area contributed by atoms with Crippen LogP contribution >= 0.6 is 11.8 Å². The predicted octanol–water partition coefficient (Wildman–Crippen LogP) is 5.19. The topological polar surface area (TPSA) is 116 Å². The summed E-state index contributed by atoms with van der Waals surface area (Å²) in [6.07, 6.45) is 2.81. The molecule has 0 bridgehead atoms. The lowest BCUT2D eigenvalue weighted by Gasteiger charge is -2.21. The van der Waals surface area contributed by atoms with Crippen molar-refractivity contribution in [3.63, 3.8) is 0 Å². The zero-order valence-corrected chi connectivity index (χ0v) is 20.5. The van der Waals surface area contributed by atoms with Crippen LogP contribution in [0.25, 0.3) is 11.3 Å². The van der Waals surface area contributed by atoms with Crippen molar-refractivity contribution in [1.82, 2.24) is 15.2 Å². The number of thioether (sulfide) groups is 1. The van der Waals surface area contributed by atoms with E-state index >= 15 is 0 Å². The molecule has 9 nitrogen and oxygen atoms in total. The molecule has 0 fully saturated rings. The Kier molecular flexibility index (Phi) is 8.25. The van der Waals surface area contributed by atoms with Crippen LogP contribution in [0.5, 0.6) is 17.4 Å². The summed E-state index contributed by atoms with van der Waals surface area (Å²) in [4.78, 5) is 15.6. The van der Waals surface area contributed by atoms with E-state index in [4.69, 9.17) is 19.3 Å². The van der Waals surface area contributed by atoms with Crippen molar-refractivity contribution in [2.75, 3.05) is 24.3 Å². The number of unbranched alkanes of at least 4 members (excludes halogenated alkanes) is 2. The summed E-state index contributed by atoms with van der Waals surface area (Å²) in [5.74, 6) is 1.03. The smallest absolute Gasteiger partial charge is 0.341 e. The summed E-state index contributed by atoms with van der Waals surface area (Å²) >= 11 is 1.57. The quantitative estimate of drug-likeness (QED) is 0.271. The van der Waals surface area contributed by atoms with Gasteiger partial charge >= 0.3 is 5.97 Å². The van der Waals surface area contributed by atoms with Crippen LogP contribution in [-0.2, 0) is 4.79 Å². The maximum atomic E-state index is 10.9. The average Bonchev–Trinajstić information content (AvgIpc) is 3.02. The van der Waals surface area contributed by atoms with Gasteiger partial charge in [0.25, 0.3) is 0 Å². The number of carboxylic acids is 1. The molecule has 0 spiro atoms. The number of hydrogen-bond donors (Lipinski definition) is 2. The van der Waals surface area contributed by atoms with Crippen LogP contribution in [-0.4, -0.2) is 45.2 Å². The van der Waals surface area contributed by atoms with E-state index in [1.165, 1.54) is 0 Å². The molecule has 184 valence electrons. The monoisotopic (exact) mass is 496 g/mol. The fraction of sp³-hybridized carbons (Fsp3) is 0.360. The van der Waals surface area contributed by atoms with Gasteiger partial charge < -0.3 is 24.6 Å². The Hall–Kier alpha value is -3.53. The van der Waals surface area contributed by atoms with E-state index < -0.39 is 18.8 Å². The molecule has 1 aromatic heterocycles. The summed E-state index contributed by atoms with van der Waals surface area (Å²) < 4.78 is 17.4. The normalized spacial score (nSPS) is 14.1. The van der Waals surface area contributed by atoms with Gasteiger partial charge in [-0.05, 0) is 37.6 Å². The van der Waals surface area contributed by atoms with Gasteiger partial charge in [0.1, 0.15) is 0 Å². The zero-order chi connectivity index (χ0) is 24.6. The SMILES string of the molecule is CCCCCSc1nnc2c(n1)O[C@@H](c1ccc(OCC(=O)O)c(OCC)c1)Nc1ccccc1-2. The third kappa shape index (κ3) is 6.13. The number of benzene rings is 2. The third-order valence-electron chi connectivity index (χ3n) is 5.23. The summed E-state index contributed by atoms with van der Waals surface area (Å²) in [5.41, 5.74) is 3.01. The highest BCUT2D eigenvalue weighted by Gasteiger charge is 2.27. The Balaban J connectivity index is 1.66. The van der Waals surface area contributed by atoms with Crippen molar-refractivity contribution in [2.24, 2.45) is 0 Å². The van der Waals surface area contributed by atoms with E-state index in [1.807, 2.05) is 31.2 Å². The van der Waals surface area contributed by atoms with Gasteiger partial charge in [-0.3, -0.25) is 0 Å². The van der Waals surface area contributed by atoms with E-state index in [0.717, 1.165) is 41.8 Å². The number of aromatic nitrogens is 3. The molecule has 0 saturated carbocycles. The molecule has 35 heavy (non-hydrogen) atoms. The first kappa shape index (κ1) is 24.6. The highest BCUT2D eigenvalue weighted by atomic mass is 32.2. The molecule has 0 saturated heterocycles. The van der Waals surface area contributed by atoms with Crippen LogP contribution in [0.4, 0.5) is 5.69 Å². The van der Waals surface area contributed by atoms with Crippen molar-refractivity contribution in [2.45, 2.75) is 44.5 Å². The molecule has 1 aliphatic rings. The Morgan fingerprint density at radius 2 is 1.97 bits per heavy atom. The number of carboxylic acid groups (broad SMARTS) is 1. The minimum Gasteiger partial charge on any atom is -0.490 e. The molecule has 1 aliphatic heterocycles. The summed E-state index contributed by atoms with van der Waals surface area (Å²) in [5, 5.41) is 21.7. The standard InChI is InChI=1S/C25H28N4O5S/c1-3-5-8-13-35-25-27-24-22(28-29-25)17-9-6-7-10-18(17)26-23(34-24)16-11-12-19(33-15-21(30)31)20(14-16)32-4-2/h6-7,9-12,14,23,26H,3-5,8,13,15H2,1-2H3,(H,30,31)/t23-/m0/s1. The fourth-order valence-electron chi connectivity index (χ4n) is 3.59. The second kappa shape index (κ2) is 11.7. The number of carbonyl (C=O) groups is 1. The van der Waals surface area contributed by atoms with E-state index in [9.17, 15) is 4.79 Å². The average molecular weight is 497 g/mol. The van der Waals surface area contributed by atoms with Gasteiger partial charge in [0.15, 0.2) is 30.0 Å². The Labute approximate surface area is 208 Å². The molecule has 10 heteroatoms. The Morgan fingerprint density at radius 1 is 1.11 bits per heavy atom. The predicted molar refractivity (Wildman–Crippen MR) is 133 cm³/mol. The second-order valence-electron chi connectivity index (χ2n) is 7.81. The van der Waals surface area contributed by atoms with Crippen LogP contribution < -0.4 is 19.5 Å². The maximum absolute atomic E-state index is 10.9. The van der Waals surface area contributed by atoms with E-state index in [0.29, 0.717) is 34.8 Å². The molecule has 0 unspecified atom stereocenters. The maximum Gasteiger partial charge on any atom is 0.341 e. The minimum atomic E-state index is -1.06. The van der Waals surface area contributed by atoms with Gasteiger partial charge in [-0.15, -0.1) is 10.2 Å². The largest absolute Gasteiger partial charge is 0.490 e. The Bertz CT molecular complexity index is 1180. The van der Waals surface area contributed by atoms with Crippen molar-refractivity contribution in [3.8, 4) is 28.6 Å². The molecule has 0 aliphatic carbocycles. The van der Waals surface area contributed by atoms with E-state index in [2.05, 4.69) is 27.4 Å². The number of para-hydroxylation sites is 1. The number of anilines is 1. The first-order chi connectivity index (χ1) is 17.1. The highest BCUT2D eigenvalue weighted by Crippen LogP contribution is 2.41. The lowest BCUT2D eigenvalue weighted by Crippen LogP contribution is -2.17. The number of nitrogens with zero attached hydrogens (tertiary/aromatic N) is 3. The van der Waals surface area contributed by atoms with E-state index in [-0.39, 0.29) is 0 Å². The first-order valence-electron chi connectivity index (χ1n) is 11.6. The third-order valence-corrected chi connectivity index (χ3v) is 6.16. The van der Waals surface area contributed by atoms with Crippen LogP contribution in [0.2, 0.25) is 0 Å². The number of rotatable bonds is 11. The van der Waals surface area contributed by atoms with Crippen molar-refractivity contribution in [1.29, 1.82) is 0 Å². The number of nitrogens with one attached hydrogen (secondary N) is 1. The van der Waals surface area contributed by atoms with Crippen molar-refractivity contribution >= 4 is 23.4 Å². The lowest BCUT2D eigenvalue weighted by atomic mass is 10.1. The molecular formula is C25H28N4O5S. The van der Waals surface area contributed by atoms with Crippen molar-refractivity contribution < 1.29 is 24.1 Å². The molecular weight excluding hydrogens is 468 g/mol. The second-order valence-corrected chi connectivity index (χ2v) is 8.88. The van der Waals surface area contributed by atoms with Crippen molar-refractivity contribution in [3.05, 3.63) is 48.0 Å². The molecule has 2 N–H and O–H groups in total. The molecule has 1 atom stereocenters. The molecule has 4 rings (SSSR count). The fourth-order valence-corrected chi connectivity index (χ4v) is 4.37. The van der Waals surface area contributed by atoms with E-state index in [1.54, 1.807) is 30.0 Å². The Morgan fingerprint density at radius 3 is 2.77 bits per heavy atom. The summed E-state index contributed by atoms with van der Waals surface area (Å²) in [6.45, 7) is 3.96. The number of ether oxygens (including phenoxy) is 3. The zero-order valence-electron chi connectivity index (χ0n) is 19.7. The number of hydrogen-bond acceptors (Lipinski definition) is 9. The van der Waals surface area contributed by atoms with Crippen LogP contribution in [0.3, 0.4) is 0 Å². The summed E-state index contributed by atoms with van der Waals surface area (Å²) in [6, 6.07) is 13.0.